The standard InChI is InChI=1S/C9H9BrN2O/c1-12-8-4-2-3-7(10)6(8)5-11-9(12)13/h2-4H,5H2,1H3,(H,11,13). The minimum Gasteiger partial charge on any atom is -0.333 e. The number of carbonyl (C=O) groups excluding carboxylic acids is 1. The van der Waals surface area contributed by atoms with Crippen molar-refractivity contribution in [2.24, 2.45) is 0 Å². The van der Waals surface area contributed by atoms with Gasteiger partial charge in [0.25, 0.3) is 0 Å². The van der Waals surface area contributed by atoms with Gasteiger partial charge in [-0.2, -0.15) is 0 Å². The van der Waals surface area contributed by atoms with Crippen molar-refractivity contribution >= 4 is 27.6 Å². The smallest absolute Gasteiger partial charge is 0.321 e. The predicted octanol–water partition coefficient (Wildman–Crippen LogP) is 2.11. The van der Waals surface area contributed by atoms with Crippen LogP contribution < -0.4 is 10.2 Å². The molecule has 4 heteroatoms. The van der Waals surface area contributed by atoms with Crippen molar-refractivity contribution in [2.45, 2.75) is 6.54 Å². The molecule has 1 aliphatic heterocycles. The van der Waals surface area contributed by atoms with Crippen LogP contribution in [0.2, 0.25) is 0 Å². The lowest BCUT2D eigenvalue weighted by Crippen LogP contribution is -2.41. The maximum absolute atomic E-state index is 11.3. The minimum absolute atomic E-state index is 0.0504. The molecule has 0 fully saturated rings. The Balaban J connectivity index is 2.55. The molecule has 0 aliphatic carbocycles. The van der Waals surface area contributed by atoms with Crippen molar-refractivity contribution in [1.82, 2.24) is 5.32 Å². The molecule has 68 valence electrons. The second-order valence-electron chi connectivity index (χ2n) is 2.96. The highest BCUT2D eigenvalue weighted by molar-refractivity contribution is 9.10. The first-order chi connectivity index (χ1) is 6.20. The van der Waals surface area contributed by atoms with Crippen molar-refractivity contribution in [3.63, 3.8) is 0 Å². The molecule has 1 aromatic carbocycles. The quantitative estimate of drug-likeness (QED) is 0.741. The minimum atomic E-state index is -0.0504. The molecule has 1 aromatic rings. The highest BCUT2D eigenvalue weighted by Crippen LogP contribution is 2.29. The van der Waals surface area contributed by atoms with Gasteiger partial charge >= 0.3 is 6.03 Å². The Labute approximate surface area is 84.9 Å². The average Bonchev–Trinajstić information content (AvgIpc) is 2.12. The molecular formula is C9H9BrN2O. The molecule has 1 aliphatic rings. The van der Waals surface area contributed by atoms with Crippen molar-refractivity contribution in [3.8, 4) is 0 Å². The SMILES string of the molecule is CN1C(=O)NCc2c(Br)cccc21. The van der Waals surface area contributed by atoms with E-state index in [1.54, 1.807) is 11.9 Å². The summed E-state index contributed by atoms with van der Waals surface area (Å²) in [5.41, 5.74) is 2.10. The lowest BCUT2D eigenvalue weighted by atomic mass is 10.1. The van der Waals surface area contributed by atoms with Crippen LogP contribution in [0.3, 0.4) is 0 Å². The van der Waals surface area contributed by atoms with E-state index in [4.69, 9.17) is 0 Å². The fourth-order valence-electron chi connectivity index (χ4n) is 1.43. The number of nitrogens with one attached hydrogen (secondary N) is 1. The Morgan fingerprint density at radius 3 is 3.08 bits per heavy atom. The normalized spacial score (nSPS) is 15.2. The molecule has 2 amide bonds. The summed E-state index contributed by atoms with van der Waals surface area (Å²) in [7, 11) is 1.76. The second-order valence-corrected chi connectivity index (χ2v) is 3.81. The summed E-state index contributed by atoms with van der Waals surface area (Å²) in [6.45, 7) is 0.597. The molecule has 0 atom stereocenters. The van der Waals surface area contributed by atoms with Gasteiger partial charge in [-0.25, -0.2) is 4.79 Å². The summed E-state index contributed by atoms with van der Waals surface area (Å²) < 4.78 is 1.04. The van der Waals surface area contributed by atoms with E-state index in [2.05, 4.69) is 21.2 Å². The van der Waals surface area contributed by atoms with Gasteiger partial charge in [-0.3, -0.25) is 4.90 Å². The first-order valence-corrected chi connectivity index (χ1v) is 4.78. The number of fused-ring (bicyclic) bond motifs is 1. The molecule has 0 saturated heterocycles. The average molecular weight is 241 g/mol. The molecule has 3 nitrogen and oxygen atoms in total. The molecule has 2 rings (SSSR count). The monoisotopic (exact) mass is 240 g/mol. The Bertz CT molecular complexity index is 365. The number of urea groups is 1. The molecule has 0 unspecified atom stereocenters. The maximum atomic E-state index is 11.3. The van der Waals surface area contributed by atoms with Crippen LogP contribution in [0.15, 0.2) is 22.7 Å². The molecule has 0 saturated carbocycles. The van der Waals surface area contributed by atoms with Gasteiger partial charge in [-0.15, -0.1) is 0 Å². The second kappa shape index (κ2) is 3.03. The van der Waals surface area contributed by atoms with Crippen LogP contribution in [0.5, 0.6) is 0 Å². The van der Waals surface area contributed by atoms with Gasteiger partial charge in [0, 0.05) is 23.6 Å². The number of hydrogen-bond donors (Lipinski definition) is 1. The highest BCUT2D eigenvalue weighted by atomic mass is 79.9. The van der Waals surface area contributed by atoms with Crippen LogP contribution in [0.25, 0.3) is 0 Å². The van der Waals surface area contributed by atoms with Crippen LogP contribution in [0.1, 0.15) is 5.56 Å². The number of rotatable bonds is 0. The first-order valence-electron chi connectivity index (χ1n) is 3.99. The first kappa shape index (κ1) is 8.56. The molecule has 1 N–H and O–H groups in total. The van der Waals surface area contributed by atoms with Crippen LogP contribution in [0, 0.1) is 0 Å². The number of halogens is 1. The zero-order valence-corrected chi connectivity index (χ0v) is 8.76. The maximum Gasteiger partial charge on any atom is 0.321 e. The van der Waals surface area contributed by atoms with Gasteiger partial charge in [0.05, 0.1) is 5.69 Å². The third kappa shape index (κ3) is 1.31. The number of benzene rings is 1. The Morgan fingerprint density at radius 1 is 1.54 bits per heavy atom. The fourth-order valence-corrected chi connectivity index (χ4v) is 1.92. The van der Waals surface area contributed by atoms with Gasteiger partial charge < -0.3 is 5.32 Å². The summed E-state index contributed by atoms with van der Waals surface area (Å²) in [5, 5.41) is 2.79. The Hall–Kier alpha value is -1.03. The zero-order chi connectivity index (χ0) is 9.42. The fraction of sp³-hybridized carbons (Fsp3) is 0.222. The van der Waals surface area contributed by atoms with Crippen LogP contribution in [-0.4, -0.2) is 13.1 Å². The topological polar surface area (TPSA) is 32.3 Å². The van der Waals surface area contributed by atoms with Gasteiger partial charge in [-0.05, 0) is 12.1 Å². The van der Waals surface area contributed by atoms with E-state index in [1.807, 2.05) is 18.2 Å². The zero-order valence-electron chi connectivity index (χ0n) is 7.17. The summed E-state index contributed by atoms with van der Waals surface area (Å²) in [4.78, 5) is 12.9. The van der Waals surface area contributed by atoms with Gasteiger partial charge in [0.2, 0.25) is 0 Å². The van der Waals surface area contributed by atoms with Crippen molar-refractivity contribution in [3.05, 3.63) is 28.2 Å². The number of amides is 2. The third-order valence-corrected chi connectivity index (χ3v) is 2.92. The van der Waals surface area contributed by atoms with Crippen molar-refractivity contribution < 1.29 is 4.79 Å². The van der Waals surface area contributed by atoms with Gasteiger partial charge in [0.1, 0.15) is 0 Å². The molecule has 13 heavy (non-hydrogen) atoms. The predicted molar refractivity (Wildman–Crippen MR) is 54.8 cm³/mol. The lowest BCUT2D eigenvalue weighted by molar-refractivity contribution is 0.246. The molecule has 1 heterocycles. The summed E-state index contributed by atoms with van der Waals surface area (Å²) in [5.74, 6) is 0. The van der Waals surface area contributed by atoms with E-state index < -0.39 is 0 Å². The highest BCUT2D eigenvalue weighted by Gasteiger charge is 2.20. The largest absolute Gasteiger partial charge is 0.333 e. The third-order valence-electron chi connectivity index (χ3n) is 2.18. The number of nitrogens with zero attached hydrogens (tertiary/aromatic N) is 1. The van der Waals surface area contributed by atoms with E-state index in [9.17, 15) is 4.79 Å². The van der Waals surface area contributed by atoms with Gasteiger partial charge in [0.15, 0.2) is 0 Å². The van der Waals surface area contributed by atoms with E-state index in [0.29, 0.717) is 6.54 Å². The molecule has 0 bridgehead atoms. The number of carbonyl (C=O) groups is 1. The van der Waals surface area contributed by atoms with Gasteiger partial charge in [-0.1, -0.05) is 22.0 Å². The van der Waals surface area contributed by atoms with E-state index in [1.165, 1.54) is 0 Å². The van der Waals surface area contributed by atoms with E-state index in [0.717, 1.165) is 15.7 Å². The Kier molecular flexibility index (Phi) is 2.00. The van der Waals surface area contributed by atoms with Crippen molar-refractivity contribution in [2.75, 3.05) is 11.9 Å². The van der Waals surface area contributed by atoms with Crippen LogP contribution in [-0.2, 0) is 6.54 Å². The number of anilines is 1. The molecular weight excluding hydrogens is 232 g/mol. The summed E-state index contributed by atoms with van der Waals surface area (Å²) in [6, 6.07) is 5.80. The van der Waals surface area contributed by atoms with E-state index in [-0.39, 0.29) is 6.03 Å². The van der Waals surface area contributed by atoms with Crippen molar-refractivity contribution in [1.29, 1.82) is 0 Å². The lowest BCUT2D eigenvalue weighted by Gasteiger charge is -2.27. The summed E-state index contributed by atoms with van der Waals surface area (Å²) >= 11 is 3.45. The Morgan fingerprint density at radius 2 is 2.31 bits per heavy atom. The molecule has 0 radical (unpaired) electrons. The van der Waals surface area contributed by atoms with Crippen LogP contribution in [0.4, 0.5) is 10.5 Å². The van der Waals surface area contributed by atoms with E-state index >= 15 is 0 Å². The molecule has 0 aromatic heterocycles. The summed E-state index contributed by atoms with van der Waals surface area (Å²) in [6.07, 6.45) is 0. The van der Waals surface area contributed by atoms with Crippen LogP contribution >= 0.6 is 15.9 Å². The molecule has 0 spiro atoms. The number of hydrogen-bond acceptors (Lipinski definition) is 1.